The van der Waals surface area contributed by atoms with Gasteiger partial charge in [0.25, 0.3) is 0 Å². The molecule has 2 unspecified atom stereocenters. The van der Waals surface area contributed by atoms with Crippen molar-refractivity contribution >= 4 is 34.3 Å². The summed E-state index contributed by atoms with van der Waals surface area (Å²) >= 11 is 0. The van der Waals surface area contributed by atoms with E-state index in [0.29, 0.717) is 18.5 Å². The molecule has 0 spiro atoms. The van der Waals surface area contributed by atoms with Crippen LogP contribution in [-0.2, 0) is 30.5 Å². The first-order chi connectivity index (χ1) is 16.0. The van der Waals surface area contributed by atoms with E-state index in [0.717, 1.165) is 16.3 Å². The van der Waals surface area contributed by atoms with Crippen LogP contribution >= 0.6 is 0 Å². The molecule has 3 atom stereocenters. The standard InChI is InChI=1S/C26H22N2O5/c29-20-12-13-28-23(20)22(25(28)31)27-24(30)21(18-7-2-1-3-8-18)26(32)33-15-16-10-11-17-6-4-5-9-19(17)14-16/h1-11,14,21-23H,12-13,15H2,(H,27,30)/t21?,22?,23-/m1/s1. The molecule has 0 aromatic heterocycles. The van der Waals surface area contributed by atoms with Gasteiger partial charge in [0, 0.05) is 13.0 Å². The molecule has 2 amide bonds. The van der Waals surface area contributed by atoms with E-state index in [-0.39, 0.29) is 18.3 Å². The molecular formula is C26H22N2O5. The quantitative estimate of drug-likeness (QED) is 0.359. The molecule has 0 aliphatic carbocycles. The Balaban J connectivity index is 1.32. The lowest BCUT2D eigenvalue weighted by Gasteiger charge is -2.41. The SMILES string of the molecule is O=C(NC1C(=O)N2CCC(=O)[C@H]12)C(C(=O)OCc1ccc2ccccc2c1)c1ccccc1. The number of hydrogen-bond donors (Lipinski definition) is 1. The van der Waals surface area contributed by atoms with Crippen molar-refractivity contribution in [1.82, 2.24) is 10.2 Å². The third-order valence-electron chi connectivity index (χ3n) is 6.25. The van der Waals surface area contributed by atoms with E-state index in [2.05, 4.69) is 5.32 Å². The third-order valence-corrected chi connectivity index (χ3v) is 6.25. The van der Waals surface area contributed by atoms with Gasteiger partial charge < -0.3 is 15.0 Å². The maximum absolute atomic E-state index is 13.1. The highest BCUT2D eigenvalue weighted by Crippen LogP contribution is 2.29. The van der Waals surface area contributed by atoms with Crippen molar-refractivity contribution in [1.29, 1.82) is 0 Å². The number of hydrogen-bond acceptors (Lipinski definition) is 5. The first kappa shape index (κ1) is 20.9. The number of benzene rings is 3. The molecule has 2 fully saturated rings. The first-order valence-corrected chi connectivity index (χ1v) is 10.9. The van der Waals surface area contributed by atoms with Crippen LogP contribution in [0.2, 0.25) is 0 Å². The Morgan fingerprint density at radius 1 is 0.970 bits per heavy atom. The van der Waals surface area contributed by atoms with Crippen LogP contribution in [0.4, 0.5) is 0 Å². The van der Waals surface area contributed by atoms with Crippen molar-refractivity contribution in [3.63, 3.8) is 0 Å². The number of nitrogens with one attached hydrogen (secondary N) is 1. The third kappa shape index (κ3) is 3.86. The van der Waals surface area contributed by atoms with Gasteiger partial charge in [-0.1, -0.05) is 66.7 Å². The van der Waals surface area contributed by atoms with E-state index in [9.17, 15) is 19.2 Å². The summed E-state index contributed by atoms with van der Waals surface area (Å²) in [6.07, 6.45) is 0.290. The van der Waals surface area contributed by atoms with E-state index in [4.69, 9.17) is 4.74 Å². The number of rotatable bonds is 6. The van der Waals surface area contributed by atoms with E-state index in [1.807, 2.05) is 42.5 Å². The molecule has 3 aromatic rings. The van der Waals surface area contributed by atoms with Crippen LogP contribution in [0, 0.1) is 0 Å². The Morgan fingerprint density at radius 3 is 2.48 bits per heavy atom. The Bertz CT molecular complexity index is 1260. The zero-order chi connectivity index (χ0) is 22.9. The Morgan fingerprint density at radius 2 is 1.70 bits per heavy atom. The predicted octanol–water partition coefficient (Wildman–Crippen LogP) is 2.34. The summed E-state index contributed by atoms with van der Waals surface area (Å²) in [6, 6.07) is 20.6. The molecule has 5 rings (SSSR count). The number of nitrogens with zero attached hydrogens (tertiary/aromatic N) is 1. The van der Waals surface area contributed by atoms with Gasteiger partial charge in [0.15, 0.2) is 11.7 Å². The van der Waals surface area contributed by atoms with E-state index >= 15 is 0 Å². The molecule has 2 saturated heterocycles. The molecule has 3 aromatic carbocycles. The highest BCUT2D eigenvalue weighted by atomic mass is 16.5. The van der Waals surface area contributed by atoms with Crippen LogP contribution < -0.4 is 5.32 Å². The van der Waals surface area contributed by atoms with Gasteiger partial charge in [0.05, 0.1) is 0 Å². The van der Waals surface area contributed by atoms with Gasteiger partial charge in [-0.3, -0.25) is 19.2 Å². The van der Waals surface area contributed by atoms with Gasteiger partial charge in [-0.05, 0) is 28.0 Å². The van der Waals surface area contributed by atoms with Crippen molar-refractivity contribution in [2.75, 3.05) is 6.54 Å². The number of carbonyl (C=O) groups is 4. The molecule has 2 heterocycles. The largest absolute Gasteiger partial charge is 0.460 e. The average molecular weight is 442 g/mol. The molecule has 1 N–H and O–H groups in total. The predicted molar refractivity (Wildman–Crippen MR) is 120 cm³/mol. The zero-order valence-corrected chi connectivity index (χ0v) is 17.8. The first-order valence-electron chi connectivity index (χ1n) is 10.9. The summed E-state index contributed by atoms with van der Waals surface area (Å²) in [6.45, 7) is 0.391. The van der Waals surface area contributed by atoms with Crippen LogP contribution in [0.5, 0.6) is 0 Å². The van der Waals surface area contributed by atoms with Gasteiger partial charge in [0.2, 0.25) is 11.8 Å². The van der Waals surface area contributed by atoms with Crippen LogP contribution in [0.1, 0.15) is 23.5 Å². The van der Waals surface area contributed by atoms with Crippen molar-refractivity contribution in [2.24, 2.45) is 0 Å². The highest BCUT2D eigenvalue weighted by molar-refractivity contribution is 6.09. The van der Waals surface area contributed by atoms with Gasteiger partial charge in [0.1, 0.15) is 18.7 Å². The minimum atomic E-state index is -1.25. The second kappa shape index (κ2) is 8.50. The van der Waals surface area contributed by atoms with Gasteiger partial charge in [-0.15, -0.1) is 0 Å². The number of esters is 1. The lowest BCUT2D eigenvalue weighted by atomic mass is 9.92. The second-order valence-corrected chi connectivity index (χ2v) is 8.31. The molecule has 0 saturated carbocycles. The fraction of sp³-hybridized carbons (Fsp3) is 0.231. The van der Waals surface area contributed by atoms with Crippen molar-refractivity contribution < 1.29 is 23.9 Å². The summed E-state index contributed by atoms with van der Waals surface area (Å²) in [7, 11) is 0. The Kier molecular flexibility index (Phi) is 5.38. The van der Waals surface area contributed by atoms with Gasteiger partial charge in [-0.2, -0.15) is 0 Å². The number of ketones is 1. The fourth-order valence-electron chi connectivity index (χ4n) is 4.52. The number of amides is 2. The lowest BCUT2D eigenvalue weighted by molar-refractivity contribution is -0.156. The molecule has 0 bridgehead atoms. The molecule has 33 heavy (non-hydrogen) atoms. The molecule has 7 nitrogen and oxygen atoms in total. The number of carbonyl (C=O) groups excluding carboxylic acids is 4. The summed E-state index contributed by atoms with van der Waals surface area (Å²) in [5.41, 5.74) is 1.26. The summed E-state index contributed by atoms with van der Waals surface area (Å²) in [5, 5.41) is 4.72. The minimum Gasteiger partial charge on any atom is -0.460 e. The Labute approximate surface area is 190 Å². The van der Waals surface area contributed by atoms with Crippen molar-refractivity contribution in [3.8, 4) is 0 Å². The summed E-state index contributed by atoms with van der Waals surface area (Å²) in [4.78, 5) is 52.0. The van der Waals surface area contributed by atoms with Crippen molar-refractivity contribution in [2.45, 2.75) is 31.0 Å². The summed E-state index contributed by atoms with van der Waals surface area (Å²) in [5.74, 6) is -2.98. The van der Waals surface area contributed by atoms with Crippen LogP contribution in [0.15, 0.2) is 72.8 Å². The fourth-order valence-corrected chi connectivity index (χ4v) is 4.52. The molecule has 0 radical (unpaired) electrons. The molecule has 7 heteroatoms. The van der Waals surface area contributed by atoms with Crippen LogP contribution in [-0.4, -0.2) is 47.1 Å². The topological polar surface area (TPSA) is 92.8 Å². The van der Waals surface area contributed by atoms with E-state index in [1.165, 1.54) is 4.90 Å². The second-order valence-electron chi connectivity index (χ2n) is 8.31. The van der Waals surface area contributed by atoms with Crippen LogP contribution in [0.25, 0.3) is 10.8 Å². The number of ether oxygens (including phenoxy) is 1. The maximum atomic E-state index is 13.1. The highest BCUT2D eigenvalue weighted by Gasteiger charge is 2.55. The van der Waals surface area contributed by atoms with Gasteiger partial charge >= 0.3 is 5.97 Å². The molecular weight excluding hydrogens is 420 g/mol. The maximum Gasteiger partial charge on any atom is 0.323 e. The van der Waals surface area contributed by atoms with E-state index < -0.39 is 29.9 Å². The summed E-state index contributed by atoms with van der Waals surface area (Å²) < 4.78 is 5.52. The smallest absolute Gasteiger partial charge is 0.323 e. The van der Waals surface area contributed by atoms with Crippen LogP contribution in [0.3, 0.4) is 0 Å². The number of Topliss-reactive ketones (excluding diaryl/α,β-unsaturated/α-hetero) is 1. The van der Waals surface area contributed by atoms with Gasteiger partial charge in [-0.25, -0.2) is 0 Å². The molecule has 2 aliphatic rings. The minimum absolute atomic E-state index is 0.0114. The lowest BCUT2D eigenvalue weighted by Crippen LogP contribution is -2.70. The monoisotopic (exact) mass is 442 g/mol. The zero-order valence-electron chi connectivity index (χ0n) is 17.8. The average Bonchev–Trinajstić information content (AvgIpc) is 3.19. The van der Waals surface area contributed by atoms with E-state index in [1.54, 1.807) is 30.3 Å². The molecule has 2 aliphatic heterocycles. The number of β-lactam (4-membered cyclic amide) rings is 1. The molecule has 166 valence electrons. The normalized spacial score (nSPS) is 20.2. The van der Waals surface area contributed by atoms with Crippen molar-refractivity contribution in [3.05, 3.63) is 83.9 Å². The number of fused-ring (bicyclic) bond motifs is 2. The Hall–Kier alpha value is -4.00.